The number of nitrogens with zero attached hydrogens (tertiary/aromatic N) is 1. The Hall–Kier alpha value is -1.68. The average molecular weight is 280 g/mol. The summed E-state index contributed by atoms with van der Waals surface area (Å²) in [7, 11) is 1.66. The predicted molar refractivity (Wildman–Crippen MR) is 78.8 cm³/mol. The van der Waals surface area contributed by atoms with Crippen molar-refractivity contribution in [1.29, 1.82) is 0 Å². The van der Waals surface area contributed by atoms with Crippen LogP contribution in [-0.4, -0.2) is 17.3 Å². The number of aromatic nitrogens is 2. The van der Waals surface area contributed by atoms with E-state index in [9.17, 15) is 0 Å². The van der Waals surface area contributed by atoms with Gasteiger partial charge in [0.2, 0.25) is 0 Å². The summed E-state index contributed by atoms with van der Waals surface area (Å²) in [6.07, 6.45) is 0. The zero-order valence-electron chi connectivity index (χ0n) is 11.5. The van der Waals surface area contributed by atoms with E-state index >= 15 is 0 Å². The van der Waals surface area contributed by atoms with E-state index in [2.05, 4.69) is 24.0 Å². The van der Waals surface area contributed by atoms with Crippen LogP contribution in [0.15, 0.2) is 12.1 Å². The molecule has 0 aliphatic carbocycles. The number of nitrogens with two attached hydrogens (primary N) is 1. The Morgan fingerprint density at radius 2 is 2.05 bits per heavy atom. The maximum atomic E-state index is 6.33. The summed E-state index contributed by atoms with van der Waals surface area (Å²) >= 11 is 6.33. The minimum absolute atomic E-state index is 0.312. The molecule has 0 spiro atoms. The SMILES string of the molecule is COc1c(C(C)C)cc(Cl)c(C)c1-c1cc(N)n[nH]1. The smallest absolute Gasteiger partial charge is 0.145 e. The molecule has 19 heavy (non-hydrogen) atoms. The van der Waals surface area contributed by atoms with Gasteiger partial charge >= 0.3 is 0 Å². The van der Waals surface area contributed by atoms with Crippen molar-refractivity contribution in [3.8, 4) is 17.0 Å². The van der Waals surface area contributed by atoms with Crippen molar-refractivity contribution in [1.82, 2.24) is 10.2 Å². The number of hydrogen-bond acceptors (Lipinski definition) is 3. The van der Waals surface area contributed by atoms with Crippen molar-refractivity contribution in [2.75, 3.05) is 12.8 Å². The van der Waals surface area contributed by atoms with Crippen molar-refractivity contribution in [3.63, 3.8) is 0 Å². The highest BCUT2D eigenvalue weighted by atomic mass is 35.5. The largest absolute Gasteiger partial charge is 0.496 e. The van der Waals surface area contributed by atoms with Gasteiger partial charge < -0.3 is 10.5 Å². The number of nitrogens with one attached hydrogen (secondary N) is 1. The van der Waals surface area contributed by atoms with E-state index in [1.807, 2.05) is 13.0 Å². The zero-order chi connectivity index (χ0) is 14.2. The Labute approximate surface area is 117 Å². The van der Waals surface area contributed by atoms with Gasteiger partial charge in [-0.15, -0.1) is 0 Å². The van der Waals surface area contributed by atoms with Gasteiger partial charge in [0.15, 0.2) is 0 Å². The molecule has 2 aromatic rings. The molecule has 0 aliphatic heterocycles. The van der Waals surface area contributed by atoms with Crippen molar-refractivity contribution < 1.29 is 4.74 Å². The van der Waals surface area contributed by atoms with Gasteiger partial charge in [-0.25, -0.2) is 0 Å². The Bertz CT molecular complexity index is 605. The van der Waals surface area contributed by atoms with Gasteiger partial charge in [-0.2, -0.15) is 5.10 Å². The Morgan fingerprint density at radius 3 is 2.53 bits per heavy atom. The Morgan fingerprint density at radius 1 is 1.37 bits per heavy atom. The molecular formula is C14H18ClN3O. The number of methoxy groups -OCH3 is 1. The number of halogens is 1. The minimum atomic E-state index is 0.312. The summed E-state index contributed by atoms with van der Waals surface area (Å²) < 4.78 is 5.59. The molecule has 102 valence electrons. The fourth-order valence-electron chi connectivity index (χ4n) is 2.18. The van der Waals surface area contributed by atoms with Crippen LogP contribution in [0.25, 0.3) is 11.3 Å². The summed E-state index contributed by atoms with van der Waals surface area (Å²) in [5.74, 6) is 1.58. The highest BCUT2D eigenvalue weighted by molar-refractivity contribution is 6.32. The van der Waals surface area contributed by atoms with Gasteiger partial charge in [-0.1, -0.05) is 25.4 Å². The fourth-order valence-corrected chi connectivity index (χ4v) is 2.39. The lowest BCUT2D eigenvalue weighted by atomic mass is 9.94. The number of aromatic amines is 1. The number of anilines is 1. The summed E-state index contributed by atoms with van der Waals surface area (Å²) in [6.45, 7) is 6.17. The molecule has 0 radical (unpaired) electrons. The molecule has 0 unspecified atom stereocenters. The van der Waals surface area contributed by atoms with E-state index in [1.165, 1.54) is 0 Å². The van der Waals surface area contributed by atoms with Crippen LogP contribution < -0.4 is 10.5 Å². The zero-order valence-corrected chi connectivity index (χ0v) is 12.3. The van der Waals surface area contributed by atoms with Crippen LogP contribution in [0.5, 0.6) is 5.75 Å². The van der Waals surface area contributed by atoms with Crippen LogP contribution >= 0.6 is 11.6 Å². The Kier molecular flexibility index (Phi) is 3.71. The first kappa shape index (κ1) is 13.7. The van der Waals surface area contributed by atoms with Gasteiger partial charge in [0.25, 0.3) is 0 Å². The molecule has 1 aromatic heterocycles. The molecule has 0 fully saturated rings. The van der Waals surface area contributed by atoms with E-state index in [1.54, 1.807) is 13.2 Å². The van der Waals surface area contributed by atoms with Gasteiger partial charge in [0, 0.05) is 16.7 Å². The van der Waals surface area contributed by atoms with Gasteiger partial charge in [0.05, 0.1) is 12.8 Å². The summed E-state index contributed by atoms with van der Waals surface area (Å²) in [6, 6.07) is 3.74. The number of hydrogen-bond donors (Lipinski definition) is 2. The standard InChI is InChI=1S/C14H18ClN3O/c1-7(2)9-5-10(15)8(3)13(14(9)19-4)11-6-12(16)18-17-11/h5-7H,1-4H3,(H3,16,17,18). The molecule has 0 saturated heterocycles. The van der Waals surface area contributed by atoms with E-state index in [0.29, 0.717) is 16.8 Å². The Balaban J connectivity index is 2.77. The second-order valence-electron chi connectivity index (χ2n) is 4.84. The van der Waals surface area contributed by atoms with Gasteiger partial charge in [-0.3, -0.25) is 5.10 Å². The van der Waals surface area contributed by atoms with Crippen molar-refractivity contribution in [2.24, 2.45) is 0 Å². The lowest BCUT2D eigenvalue weighted by Crippen LogP contribution is -2.00. The number of benzene rings is 1. The molecule has 0 saturated carbocycles. The number of H-pyrrole nitrogens is 1. The van der Waals surface area contributed by atoms with Crippen LogP contribution in [0, 0.1) is 6.92 Å². The third kappa shape index (κ3) is 2.40. The molecule has 0 aliphatic rings. The minimum Gasteiger partial charge on any atom is -0.496 e. The van der Waals surface area contributed by atoms with Crippen molar-refractivity contribution in [3.05, 3.63) is 28.3 Å². The van der Waals surface area contributed by atoms with Crippen LogP contribution in [-0.2, 0) is 0 Å². The normalized spacial score (nSPS) is 11.1. The molecule has 4 nitrogen and oxygen atoms in total. The van der Waals surface area contributed by atoms with Crippen molar-refractivity contribution in [2.45, 2.75) is 26.7 Å². The maximum absolute atomic E-state index is 6.33. The van der Waals surface area contributed by atoms with Crippen molar-refractivity contribution >= 4 is 17.4 Å². The molecule has 1 heterocycles. The number of ether oxygens (including phenoxy) is 1. The highest BCUT2D eigenvalue weighted by Gasteiger charge is 2.20. The van der Waals surface area contributed by atoms with Crippen LogP contribution in [0.3, 0.4) is 0 Å². The van der Waals surface area contributed by atoms with Crippen LogP contribution in [0.1, 0.15) is 30.9 Å². The molecule has 0 amide bonds. The molecule has 0 bridgehead atoms. The number of rotatable bonds is 3. The second-order valence-corrected chi connectivity index (χ2v) is 5.25. The van der Waals surface area contributed by atoms with Gasteiger partial charge in [0.1, 0.15) is 11.6 Å². The molecule has 2 rings (SSSR count). The summed E-state index contributed by atoms with van der Waals surface area (Å²) in [5.41, 5.74) is 9.43. The monoisotopic (exact) mass is 279 g/mol. The molecular weight excluding hydrogens is 262 g/mol. The quantitative estimate of drug-likeness (QED) is 0.899. The third-order valence-electron chi connectivity index (χ3n) is 3.20. The highest BCUT2D eigenvalue weighted by Crippen LogP contribution is 2.42. The first-order chi connectivity index (χ1) is 8.95. The first-order valence-electron chi connectivity index (χ1n) is 6.14. The second kappa shape index (κ2) is 5.13. The van der Waals surface area contributed by atoms with E-state index in [-0.39, 0.29) is 0 Å². The predicted octanol–water partition coefficient (Wildman–Crippen LogP) is 3.75. The fraction of sp³-hybridized carbons (Fsp3) is 0.357. The van der Waals surface area contributed by atoms with E-state index in [0.717, 1.165) is 28.1 Å². The van der Waals surface area contributed by atoms with Crippen LogP contribution in [0.4, 0.5) is 5.82 Å². The third-order valence-corrected chi connectivity index (χ3v) is 3.59. The molecule has 3 N–H and O–H groups in total. The van der Waals surface area contributed by atoms with Crippen LogP contribution in [0.2, 0.25) is 5.02 Å². The molecule has 5 heteroatoms. The van der Waals surface area contributed by atoms with E-state index < -0.39 is 0 Å². The van der Waals surface area contributed by atoms with E-state index in [4.69, 9.17) is 22.1 Å². The average Bonchev–Trinajstić information content (AvgIpc) is 2.77. The first-order valence-corrected chi connectivity index (χ1v) is 6.51. The molecule has 1 aromatic carbocycles. The summed E-state index contributed by atoms with van der Waals surface area (Å²) in [4.78, 5) is 0. The van der Waals surface area contributed by atoms with Gasteiger partial charge in [-0.05, 0) is 30.0 Å². The lowest BCUT2D eigenvalue weighted by Gasteiger charge is -2.18. The topological polar surface area (TPSA) is 63.9 Å². The maximum Gasteiger partial charge on any atom is 0.145 e. The molecule has 0 atom stereocenters. The lowest BCUT2D eigenvalue weighted by molar-refractivity contribution is 0.409. The summed E-state index contributed by atoms with van der Waals surface area (Å²) in [5, 5.41) is 7.60. The number of nitrogen functional groups attached to an aromatic ring is 1.